The first-order valence-corrected chi connectivity index (χ1v) is 11.3. The van der Waals surface area contributed by atoms with Crippen molar-refractivity contribution in [3.05, 3.63) is 53.6 Å². The SMILES string of the molecule is COc1cc(C2Nc3ccc(OCC4CCCO4)cc3C3C=CCC32)cc(OC)c1OC. The molecular formula is C26H31NO5. The molecule has 6 nitrogen and oxygen atoms in total. The van der Waals surface area contributed by atoms with Crippen LogP contribution in [-0.4, -0.2) is 40.6 Å². The third-order valence-corrected chi connectivity index (χ3v) is 6.84. The second-order valence-corrected chi connectivity index (χ2v) is 8.63. The van der Waals surface area contributed by atoms with Crippen molar-refractivity contribution in [3.8, 4) is 23.0 Å². The molecule has 0 amide bonds. The van der Waals surface area contributed by atoms with Crippen molar-refractivity contribution >= 4 is 5.69 Å². The van der Waals surface area contributed by atoms with Gasteiger partial charge in [-0.05, 0) is 66.6 Å². The molecule has 2 heterocycles. The summed E-state index contributed by atoms with van der Waals surface area (Å²) in [5, 5.41) is 3.78. The lowest BCUT2D eigenvalue weighted by molar-refractivity contribution is 0.0679. The minimum absolute atomic E-state index is 0.134. The number of hydrogen-bond donors (Lipinski definition) is 1. The van der Waals surface area contributed by atoms with Crippen molar-refractivity contribution in [1.82, 2.24) is 0 Å². The van der Waals surface area contributed by atoms with Crippen molar-refractivity contribution in [1.29, 1.82) is 0 Å². The zero-order valence-electron chi connectivity index (χ0n) is 18.9. The molecule has 4 unspecified atom stereocenters. The van der Waals surface area contributed by atoms with E-state index in [4.69, 9.17) is 23.7 Å². The number of methoxy groups -OCH3 is 3. The Hall–Kier alpha value is -2.86. The van der Waals surface area contributed by atoms with Crippen molar-refractivity contribution < 1.29 is 23.7 Å². The second-order valence-electron chi connectivity index (χ2n) is 8.63. The Morgan fingerprint density at radius 3 is 2.53 bits per heavy atom. The average molecular weight is 438 g/mol. The van der Waals surface area contributed by atoms with Crippen LogP contribution in [0.4, 0.5) is 5.69 Å². The van der Waals surface area contributed by atoms with Crippen LogP contribution >= 0.6 is 0 Å². The molecule has 1 saturated heterocycles. The Balaban J connectivity index is 1.44. The molecule has 1 aliphatic carbocycles. The minimum Gasteiger partial charge on any atom is -0.493 e. The van der Waals surface area contributed by atoms with Crippen LogP contribution in [0.5, 0.6) is 23.0 Å². The number of fused-ring (bicyclic) bond motifs is 3. The summed E-state index contributed by atoms with van der Waals surface area (Å²) in [7, 11) is 4.94. The van der Waals surface area contributed by atoms with Crippen molar-refractivity contribution in [2.75, 3.05) is 39.9 Å². The molecule has 170 valence electrons. The van der Waals surface area contributed by atoms with Crippen LogP contribution in [-0.2, 0) is 4.74 Å². The molecule has 32 heavy (non-hydrogen) atoms. The number of anilines is 1. The van der Waals surface area contributed by atoms with Gasteiger partial charge in [-0.15, -0.1) is 0 Å². The maximum atomic E-state index is 6.08. The summed E-state index contributed by atoms with van der Waals surface area (Å²) < 4.78 is 28.5. The Morgan fingerprint density at radius 1 is 1.03 bits per heavy atom. The van der Waals surface area contributed by atoms with Gasteiger partial charge in [-0.2, -0.15) is 0 Å². The fourth-order valence-electron chi connectivity index (χ4n) is 5.24. The molecule has 2 aliphatic heterocycles. The molecule has 3 aliphatic rings. The predicted octanol–water partition coefficient (Wildman–Crippen LogP) is 5.10. The minimum atomic E-state index is 0.134. The zero-order chi connectivity index (χ0) is 22.1. The van der Waals surface area contributed by atoms with Gasteiger partial charge in [-0.3, -0.25) is 0 Å². The first kappa shape index (κ1) is 21.0. The predicted molar refractivity (Wildman–Crippen MR) is 123 cm³/mol. The fourth-order valence-corrected chi connectivity index (χ4v) is 5.24. The van der Waals surface area contributed by atoms with Crippen molar-refractivity contribution in [2.45, 2.75) is 37.3 Å². The van der Waals surface area contributed by atoms with Crippen molar-refractivity contribution in [2.24, 2.45) is 5.92 Å². The number of rotatable bonds is 7. The van der Waals surface area contributed by atoms with E-state index < -0.39 is 0 Å². The Morgan fingerprint density at radius 2 is 1.84 bits per heavy atom. The Kier molecular flexibility index (Phi) is 5.87. The van der Waals surface area contributed by atoms with Gasteiger partial charge in [0, 0.05) is 18.2 Å². The van der Waals surface area contributed by atoms with E-state index in [1.807, 2.05) is 6.07 Å². The molecule has 0 saturated carbocycles. The molecule has 1 fully saturated rings. The van der Waals surface area contributed by atoms with E-state index in [-0.39, 0.29) is 12.1 Å². The fraction of sp³-hybridized carbons (Fsp3) is 0.462. The van der Waals surface area contributed by atoms with Gasteiger partial charge >= 0.3 is 0 Å². The molecule has 2 aromatic carbocycles. The Bertz CT molecular complexity index is 973. The number of benzene rings is 2. The normalized spacial score (nSPS) is 25.6. The first-order valence-electron chi connectivity index (χ1n) is 11.3. The number of hydrogen-bond acceptors (Lipinski definition) is 6. The van der Waals surface area contributed by atoms with E-state index in [9.17, 15) is 0 Å². The third kappa shape index (κ3) is 3.77. The first-order chi connectivity index (χ1) is 15.7. The number of ether oxygens (including phenoxy) is 5. The van der Waals surface area contributed by atoms with E-state index in [0.717, 1.165) is 42.9 Å². The molecular weight excluding hydrogens is 406 g/mol. The van der Waals surface area contributed by atoms with Gasteiger partial charge in [0.1, 0.15) is 12.4 Å². The van der Waals surface area contributed by atoms with Gasteiger partial charge in [0.05, 0.1) is 33.5 Å². The largest absolute Gasteiger partial charge is 0.493 e. The quantitative estimate of drug-likeness (QED) is 0.609. The highest BCUT2D eigenvalue weighted by Gasteiger charge is 2.38. The van der Waals surface area contributed by atoms with E-state index in [2.05, 4.69) is 41.7 Å². The lowest BCUT2D eigenvalue weighted by Gasteiger charge is -2.38. The van der Waals surface area contributed by atoms with Gasteiger partial charge in [0.15, 0.2) is 11.5 Å². The molecule has 0 spiro atoms. The summed E-state index contributed by atoms with van der Waals surface area (Å²) in [4.78, 5) is 0. The average Bonchev–Trinajstić information content (AvgIpc) is 3.53. The summed E-state index contributed by atoms with van der Waals surface area (Å²) in [5.41, 5.74) is 3.56. The molecule has 1 N–H and O–H groups in total. The molecule has 0 bridgehead atoms. The zero-order valence-corrected chi connectivity index (χ0v) is 18.9. The van der Waals surface area contributed by atoms with Crippen LogP contribution in [0.2, 0.25) is 0 Å². The molecule has 4 atom stereocenters. The van der Waals surface area contributed by atoms with Gasteiger partial charge in [-0.1, -0.05) is 12.2 Å². The molecule has 5 rings (SSSR count). The third-order valence-electron chi connectivity index (χ3n) is 6.84. The summed E-state index contributed by atoms with van der Waals surface area (Å²) >= 11 is 0. The summed E-state index contributed by atoms with van der Waals surface area (Å²) in [6, 6.07) is 10.6. The highest BCUT2D eigenvalue weighted by atomic mass is 16.5. The molecule has 0 aromatic heterocycles. The van der Waals surface area contributed by atoms with Crippen LogP contribution < -0.4 is 24.3 Å². The van der Waals surface area contributed by atoms with Crippen LogP contribution in [0.15, 0.2) is 42.5 Å². The Labute approximate surface area is 189 Å². The van der Waals surface area contributed by atoms with Gasteiger partial charge < -0.3 is 29.0 Å². The van der Waals surface area contributed by atoms with Crippen molar-refractivity contribution in [3.63, 3.8) is 0 Å². The maximum absolute atomic E-state index is 6.08. The lowest BCUT2D eigenvalue weighted by Crippen LogP contribution is -2.29. The van der Waals surface area contributed by atoms with Gasteiger partial charge in [0.2, 0.25) is 5.75 Å². The number of allylic oxidation sites excluding steroid dienone is 2. The van der Waals surface area contributed by atoms with Gasteiger partial charge in [-0.25, -0.2) is 0 Å². The topological polar surface area (TPSA) is 58.2 Å². The van der Waals surface area contributed by atoms with E-state index >= 15 is 0 Å². The van der Waals surface area contributed by atoms with Gasteiger partial charge in [0.25, 0.3) is 0 Å². The van der Waals surface area contributed by atoms with Crippen LogP contribution in [0.25, 0.3) is 0 Å². The van der Waals surface area contributed by atoms with E-state index in [1.165, 1.54) is 5.56 Å². The smallest absolute Gasteiger partial charge is 0.203 e. The van der Waals surface area contributed by atoms with E-state index in [0.29, 0.717) is 35.7 Å². The van der Waals surface area contributed by atoms with Crippen LogP contribution in [0.3, 0.4) is 0 Å². The monoisotopic (exact) mass is 437 g/mol. The van der Waals surface area contributed by atoms with Crippen LogP contribution in [0, 0.1) is 5.92 Å². The molecule has 6 heteroatoms. The standard InChI is InChI=1S/C26H31NO5/c1-28-23-12-16(13-24(29-2)26(23)30-3)25-20-8-4-7-19(20)21-14-17(9-10-22(21)27-25)32-15-18-6-5-11-31-18/h4,7,9-10,12-14,18-20,25,27H,5-6,8,11,15H2,1-3H3. The summed E-state index contributed by atoms with van der Waals surface area (Å²) in [6.45, 7) is 1.46. The second kappa shape index (κ2) is 8.94. The summed E-state index contributed by atoms with van der Waals surface area (Å²) in [5.74, 6) is 3.61. The highest BCUT2D eigenvalue weighted by molar-refractivity contribution is 5.63. The summed E-state index contributed by atoms with van der Waals surface area (Å²) in [6.07, 6.45) is 8.05. The maximum Gasteiger partial charge on any atom is 0.203 e. The van der Waals surface area contributed by atoms with E-state index in [1.54, 1.807) is 21.3 Å². The number of nitrogens with one attached hydrogen (secondary N) is 1. The molecule has 0 radical (unpaired) electrons. The van der Waals surface area contributed by atoms with Crippen LogP contribution in [0.1, 0.15) is 42.3 Å². The molecule has 2 aromatic rings. The highest BCUT2D eigenvalue weighted by Crippen LogP contribution is 2.52. The lowest BCUT2D eigenvalue weighted by atomic mass is 9.77.